The van der Waals surface area contributed by atoms with Crippen LogP contribution in [0.15, 0.2) is 18.2 Å². The minimum Gasteiger partial charge on any atom is -0.358 e. The third-order valence-corrected chi connectivity index (χ3v) is 3.31. The first kappa shape index (κ1) is 15.7. The molecule has 0 saturated heterocycles. The summed E-state index contributed by atoms with van der Waals surface area (Å²) < 4.78 is 0. The average molecular weight is 262 g/mol. The molecule has 106 valence electrons. The number of hydrogen-bond donors (Lipinski definition) is 2. The van der Waals surface area contributed by atoms with E-state index >= 15 is 0 Å². The summed E-state index contributed by atoms with van der Waals surface area (Å²) in [5, 5.41) is 6.10. The molecule has 1 aromatic rings. The van der Waals surface area contributed by atoms with Crippen molar-refractivity contribution >= 4 is 5.91 Å². The van der Waals surface area contributed by atoms with Crippen molar-refractivity contribution in [2.75, 3.05) is 7.05 Å². The van der Waals surface area contributed by atoms with Crippen molar-refractivity contribution in [3.05, 3.63) is 34.9 Å². The van der Waals surface area contributed by atoms with E-state index in [1.165, 1.54) is 16.7 Å². The second kappa shape index (κ2) is 7.29. The topological polar surface area (TPSA) is 41.1 Å². The number of carbonyl (C=O) groups is 1. The van der Waals surface area contributed by atoms with Crippen LogP contribution < -0.4 is 10.6 Å². The van der Waals surface area contributed by atoms with E-state index in [2.05, 4.69) is 56.5 Å². The maximum absolute atomic E-state index is 11.8. The highest BCUT2D eigenvalue weighted by Gasteiger charge is 2.17. The first-order chi connectivity index (χ1) is 8.93. The van der Waals surface area contributed by atoms with Crippen molar-refractivity contribution in [2.45, 2.75) is 46.7 Å². The van der Waals surface area contributed by atoms with Crippen LogP contribution in [0, 0.1) is 19.8 Å². The van der Waals surface area contributed by atoms with Gasteiger partial charge in [-0.25, -0.2) is 0 Å². The largest absolute Gasteiger partial charge is 0.358 e. The van der Waals surface area contributed by atoms with Gasteiger partial charge in [0.05, 0.1) is 6.04 Å². The number of rotatable bonds is 6. The van der Waals surface area contributed by atoms with Crippen molar-refractivity contribution in [3.63, 3.8) is 0 Å². The van der Waals surface area contributed by atoms with E-state index in [4.69, 9.17) is 0 Å². The molecule has 1 atom stereocenters. The van der Waals surface area contributed by atoms with E-state index in [9.17, 15) is 4.79 Å². The molecule has 2 N–H and O–H groups in total. The smallest absolute Gasteiger partial charge is 0.236 e. The lowest BCUT2D eigenvalue weighted by molar-refractivity contribution is -0.123. The molecule has 0 aromatic heterocycles. The van der Waals surface area contributed by atoms with E-state index in [1.54, 1.807) is 7.05 Å². The summed E-state index contributed by atoms with van der Waals surface area (Å²) in [5.41, 5.74) is 3.79. The molecule has 0 radical (unpaired) electrons. The van der Waals surface area contributed by atoms with Gasteiger partial charge < -0.3 is 10.6 Å². The lowest BCUT2D eigenvalue weighted by atomic mass is 10.0. The average Bonchev–Trinajstić information content (AvgIpc) is 2.34. The van der Waals surface area contributed by atoms with E-state index in [0.717, 1.165) is 13.0 Å². The maximum Gasteiger partial charge on any atom is 0.236 e. The summed E-state index contributed by atoms with van der Waals surface area (Å²) >= 11 is 0. The molecule has 0 heterocycles. The quantitative estimate of drug-likeness (QED) is 0.827. The fourth-order valence-corrected chi connectivity index (χ4v) is 2.21. The van der Waals surface area contributed by atoms with Gasteiger partial charge in [-0.15, -0.1) is 0 Å². The number of aryl methyl sites for hydroxylation is 2. The summed E-state index contributed by atoms with van der Waals surface area (Å²) in [6, 6.07) is 6.30. The molecule has 1 rings (SSSR count). The van der Waals surface area contributed by atoms with Crippen molar-refractivity contribution in [2.24, 2.45) is 5.92 Å². The number of benzene rings is 1. The zero-order valence-corrected chi connectivity index (χ0v) is 12.7. The van der Waals surface area contributed by atoms with Gasteiger partial charge in [0.15, 0.2) is 0 Å². The van der Waals surface area contributed by atoms with Gasteiger partial charge in [0.2, 0.25) is 5.91 Å². The molecular weight excluding hydrogens is 236 g/mol. The molecule has 19 heavy (non-hydrogen) atoms. The Bertz CT molecular complexity index is 427. The van der Waals surface area contributed by atoms with Crippen LogP contribution in [0.1, 0.15) is 37.0 Å². The van der Waals surface area contributed by atoms with Crippen molar-refractivity contribution in [3.8, 4) is 0 Å². The van der Waals surface area contributed by atoms with Gasteiger partial charge in [0.1, 0.15) is 0 Å². The Morgan fingerprint density at radius 1 is 1.26 bits per heavy atom. The fourth-order valence-electron chi connectivity index (χ4n) is 2.21. The van der Waals surface area contributed by atoms with E-state index < -0.39 is 0 Å². The predicted octanol–water partition coefficient (Wildman–Crippen LogP) is 2.55. The first-order valence-electron chi connectivity index (χ1n) is 6.95. The molecule has 0 aliphatic heterocycles. The summed E-state index contributed by atoms with van der Waals surface area (Å²) in [4.78, 5) is 11.8. The summed E-state index contributed by atoms with van der Waals surface area (Å²) in [7, 11) is 1.69. The SMILES string of the molecule is CNC(=O)C(CC(C)C)NCc1ccc(C)cc1C. The van der Waals surface area contributed by atoms with Crippen molar-refractivity contribution < 1.29 is 4.79 Å². The Morgan fingerprint density at radius 3 is 2.47 bits per heavy atom. The number of carbonyl (C=O) groups excluding carboxylic acids is 1. The molecule has 0 fully saturated rings. The maximum atomic E-state index is 11.8. The van der Waals surface area contributed by atoms with Gasteiger partial charge in [-0.3, -0.25) is 4.79 Å². The minimum absolute atomic E-state index is 0.0680. The summed E-state index contributed by atoms with van der Waals surface area (Å²) in [5.74, 6) is 0.562. The van der Waals surface area contributed by atoms with E-state index in [1.807, 2.05) is 0 Å². The van der Waals surface area contributed by atoms with Gasteiger partial charge in [-0.1, -0.05) is 37.6 Å². The monoisotopic (exact) mass is 262 g/mol. The number of hydrogen-bond acceptors (Lipinski definition) is 2. The van der Waals surface area contributed by atoms with Gasteiger partial charge in [-0.2, -0.15) is 0 Å². The van der Waals surface area contributed by atoms with Crippen molar-refractivity contribution in [1.82, 2.24) is 10.6 Å². The van der Waals surface area contributed by atoms with Gasteiger partial charge in [0, 0.05) is 13.6 Å². The molecule has 1 amide bonds. The van der Waals surface area contributed by atoms with Crippen LogP contribution in [0.2, 0.25) is 0 Å². The molecular formula is C16H26N2O. The van der Waals surface area contributed by atoms with Crippen LogP contribution in [-0.4, -0.2) is 19.0 Å². The molecule has 0 spiro atoms. The second-order valence-corrected chi connectivity index (χ2v) is 5.61. The Hall–Kier alpha value is -1.35. The van der Waals surface area contributed by atoms with E-state index in [-0.39, 0.29) is 11.9 Å². The van der Waals surface area contributed by atoms with Crippen LogP contribution in [-0.2, 0) is 11.3 Å². The van der Waals surface area contributed by atoms with Crippen LogP contribution >= 0.6 is 0 Å². The number of likely N-dealkylation sites (N-methyl/N-ethyl adjacent to an activating group) is 1. The highest BCUT2D eigenvalue weighted by atomic mass is 16.2. The Balaban J connectivity index is 2.67. The minimum atomic E-state index is -0.120. The Kier molecular flexibility index (Phi) is 6.03. The van der Waals surface area contributed by atoms with Crippen LogP contribution in [0.4, 0.5) is 0 Å². The highest BCUT2D eigenvalue weighted by molar-refractivity contribution is 5.81. The molecule has 3 heteroatoms. The van der Waals surface area contributed by atoms with Crippen LogP contribution in [0.3, 0.4) is 0 Å². The lowest BCUT2D eigenvalue weighted by Gasteiger charge is -2.20. The Morgan fingerprint density at radius 2 is 1.95 bits per heavy atom. The molecule has 3 nitrogen and oxygen atoms in total. The van der Waals surface area contributed by atoms with Crippen LogP contribution in [0.25, 0.3) is 0 Å². The van der Waals surface area contributed by atoms with E-state index in [0.29, 0.717) is 5.92 Å². The molecule has 1 unspecified atom stereocenters. The first-order valence-corrected chi connectivity index (χ1v) is 6.95. The van der Waals surface area contributed by atoms with Gasteiger partial charge in [-0.05, 0) is 37.3 Å². The third kappa shape index (κ3) is 5.03. The standard InChI is InChI=1S/C16H26N2O/c1-11(2)8-15(16(19)17-5)18-10-14-7-6-12(3)9-13(14)4/h6-7,9,11,15,18H,8,10H2,1-5H3,(H,17,19). The van der Waals surface area contributed by atoms with Crippen molar-refractivity contribution in [1.29, 1.82) is 0 Å². The van der Waals surface area contributed by atoms with Crippen LogP contribution in [0.5, 0.6) is 0 Å². The zero-order chi connectivity index (χ0) is 14.4. The zero-order valence-electron chi connectivity index (χ0n) is 12.7. The lowest BCUT2D eigenvalue weighted by Crippen LogP contribution is -2.43. The Labute approximate surface area is 116 Å². The summed E-state index contributed by atoms with van der Waals surface area (Å²) in [6.45, 7) is 9.21. The number of nitrogens with one attached hydrogen (secondary N) is 2. The molecule has 0 aliphatic carbocycles. The van der Waals surface area contributed by atoms with Gasteiger partial charge in [0.25, 0.3) is 0 Å². The second-order valence-electron chi connectivity index (χ2n) is 5.61. The predicted molar refractivity (Wildman–Crippen MR) is 80.1 cm³/mol. The molecule has 1 aromatic carbocycles. The third-order valence-electron chi connectivity index (χ3n) is 3.31. The highest BCUT2D eigenvalue weighted by Crippen LogP contribution is 2.12. The molecule has 0 aliphatic rings. The summed E-state index contributed by atoms with van der Waals surface area (Å²) in [6.07, 6.45) is 0.852. The molecule has 0 bridgehead atoms. The molecule has 0 saturated carbocycles. The number of amides is 1. The fraction of sp³-hybridized carbons (Fsp3) is 0.562. The normalized spacial score (nSPS) is 12.5. The van der Waals surface area contributed by atoms with Gasteiger partial charge >= 0.3 is 0 Å².